The van der Waals surface area contributed by atoms with E-state index < -0.39 is 0 Å². The summed E-state index contributed by atoms with van der Waals surface area (Å²) in [5.41, 5.74) is 0. The summed E-state index contributed by atoms with van der Waals surface area (Å²) in [6, 6.07) is 0. The third kappa shape index (κ3) is 13.1. The van der Waals surface area contributed by atoms with Crippen molar-refractivity contribution in [1.82, 2.24) is 0 Å². The van der Waals surface area contributed by atoms with Crippen LogP contribution >= 0.6 is 13.6 Å². The van der Waals surface area contributed by atoms with Crippen LogP contribution in [0.4, 0.5) is 0 Å². The van der Waals surface area contributed by atoms with Crippen LogP contribution in [0.15, 0.2) is 0 Å². The van der Waals surface area contributed by atoms with Crippen molar-refractivity contribution in [2.75, 3.05) is 0 Å². The van der Waals surface area contributed by atoms with E-state index in [1.165, 1.54) is 42.0 Å². The minimum atomic E-state index is 0. The van der Waals surface area contributed by atoms with Crippen molar-refractivity contribution in [3.8, 4) is 0 Å². The Bertz CT molecular complexity index is 28.5. The Morgan fingerprint density at radius 2 is 1.44 bits per heavy atom. The van der Waals surface area contributed by atoms with Crippen molar-refractivity contribution in [2.24, 2.45) is 0 Å². The molecule has 1 aliphatic carbocycles. The molecule has 9 heavy (non-hydrogen) atoms. The van der Waals surface area contributed by atoms with E-state index in [9.17, 15) is 0 Å². The van der Waals surface area contributed by atoms with E-state index in [4.69, 9.17) is 0 Å². The van der Waals surface area contributed by atoms with Crippen LogP contribution in [0, 0.1) is 6.42 Å². The van der Waals surface area contributed by atoms with E-state index in [0.717, 1.165) is 0 Å². The first-order valence-electron chi connectivity index (χ1n) is 2.58. The molecule has 0 heterocycles. The molecule has 0 unspecified atom stereocenters. The van der Waals surface area contributed by atoms with Gasteiger partial charge in [-0.15, -0.1) is 0 Å². The molecule has 0 aromatic rings. The molecule has 0 saturated heterocycles. The Morgan fingerprint density at radius 1 is 1.11 bits per heavy atom. The quantitative estimate of drug-likeness (QED) is 0.314. The topological polar surface area (TPSA) is 0 Å². The molecule has 0 bridgehead atoms. The standard InChI is InChI=1S/C5H9.BrH.ClH.Li.Zn/c1-2-4-5-3-1;;;;/h1H,2-5H2;2*1H;;/q-1;;;+1;+2/p-2. The van der Waals surface area contributed by atoms with Gasteiger partial charge in [0.05, 0.1) is 0 Å². The van der Waals surface area contributed by atoms with E-state index in [-0.39, 0.29) is 31.3 Å². The molecule has 0 amide bonds. The number of rotatable bonds is 0. The predicted octanol–water partition coefficient (Wildman–Crippen LogP) is -3.38. The molecule has 0 N–H and O–H groups in total. The first-order chi connectivity index (χ1) is 3.50. The first-order valence-corrected chi connectivity index (χ1v) is 9.53. The van der Waals surface area contributed by atoms with Gasteiger partial charge in [-0.05, 0) is 0 Å². The van der Waals surface area contributed by atoms with Gasteiger partial charge in [-0.2, -0.15) is 12.8 Å². The van der Waals surface area contributed by atoms with Crippen LogP contribution in [0.5, 0.6) is 0 Å². The molecule has 0 aliphatic heterocycles. The van der Waals surface area contributed by atoms with Gasteiger partial charge >= 0.3 is 48.8 Å². The second-order valence-electron chi connectivity index (χ2n) is 1.57. The van der Waals surface area contributed by atoms with Gasteiger partial charge in [0.25, 0.3) is 0 Å². The van der Waals surface area contributed by atoms with Gasteiger partial charge in [0.2, 0.25) is 0 Å². The second-order valence-corrected chi connectivity index (χ2v) is 1.57. The van der Waals surface area contributed by atoms with Crippen LogP contribution in [0.25, 0.3) is 0 Å². The van der Waals surface area contributed by atoms with Gasteiger partial charge in [0.15, 0.2) is 0 Å². The molecule has 1 saturated carbocycles. The summed E-state index contributed by atoms with van der Waals surface area (Å²) >= 11 is 4.25. The Hall–Kier alpha value is 1.99. The monoisotopic (exact) mass is 254 g/mol. The van der Waals surface area contributed by atoms with Crippen LogP contribution in [0.2, 0.25) is 0 Å². The number of halogens is 2. The summed E-state index contributed by atoms with van der Waals surface area (Å²) < 4.78 is 0. The van der Waals surface area contributed by atoms with E-state index in [1.54, 1.807) is 0 Å². The average Bonchev–Trinajstić information content (AvgIpc) is 2.23. The SMILES string of the molecule is [CH-]1CCCC1.[Cl-].[Li+].[Zn+][Br]. The van der Waals surface area contributed by atoms with Gasteiger partial charge in [0, 0.05) is 0 Å². The number of hydrogen-bond acceptors (Lipinski definition) is 0. The molecule has 1 aliphatic rings. The first kappa shape index (κ1) is 17.2. The maximum atomic E-state index is 3.06. The van der Waals surface area contributed by atoms with Crippen molar-refractivity contribution < 1.29 is 47.6 Å². The van der Waals surface area contributed by atoms with Crippen LogP contribution in [0.1, 0.15) is 25.7 Å². The Labute approximate surface area is 92.5 Å². The zero-order valence-corrected chi connectivity index (χ0v) is 11.2. The summed E-state index contributed by atoms with van der Waals surface area (Å²) in [5, 5.41) is 0. The van der Waals surface area contributed by atoms with Gasteiger partial charge in [-0.3, -0.25) is 0 Å². The van der Waals surface area contributed by atoms with Crippen molar-refractivity contribution in [1.29, 1.82) is 0 Å². The molecule has 0 radical (unpaired) electrons. The van der Waals surface area contributed by atoms with E-state index >= 15 is 0 Å². The molecule has 1 rings (SSSR count). The fraction of sp³-hybridized carbons (Fsp3) is 0.800. The van der Waals surface area contributed by atoms with Crippen molar-refractivity contribution >= 4 is 13.6 Å². The zero-order valence-electron chi connectivity index (χ0n) is 5.87. The molecule has 0 nitrogen and oxygen atoms in total. The van der Waals surface area contributed by atoms with Crippen molar-refractivity contribution in [2.45, 2.75) is 25.7 Å². The van der Waals surface area contributed by atoms with Gasteiger partial charge < -0.3 is 18.8 Å². The molecular formula is C5H9BrClLiZn. The molecule has 46 valence electrons. The molecule has 4 heteroatoms. The summed E-state index contributed by atoms with van der Waals surface area (Å²) in [7, 11) is 0. The number of hydrogen-bond donors (Lipinski definition) is 0. The predicted molar refractivity (Wildman–Crippen MR) is 31.7 cm³/mol. The third-order valence-electron chi connectivity index (χ3n) is 1.07. The van der Waals surface area contributed by atoms with Gasteiger partial charge in [-0.25, -0.2) is 0 Å². The normalized spacial score (nSPS) is 14.1. The van der Waals surface area contributed by atoms with E-state index in [0.29, 0.717) is 0 Å². The van der Waals surface area contributed by atoms with Crippen LogP contribution in [-0.2, 0) is 16.3 Å². The molecule has 0 aromatic carbocycles. The van der Waals surface area contributed by atoms with Crippen LogP contribution in [-0.4, -0.2) is 0 Å². The Balaban J connectivity index is -0.0000000836. The molecule has 0 spiro atoms. The zero-order chi connectivity index (χ0) is 5.54. The van der Waals surface area contributed by atoms with Crippen molar-refractivity contribution in [3.05, 3.63) is 6.42 Å². The fourth-order valence-corrected chi connectivity index (χ4v) is 0.722. The minimum absolute atomic E-state index is 0. The molecule has 1 fully saturated rings. The molecule has 0 aromatic heterocycles. The summed E-state index contributed by atoms with van der Waals surface area (Å²) in [6.07, 6.45) is 8.00. The van der Waals surface area contributed by atoms with E-state index in [2.05, 4.69) is 20.0 Å². The summed E-state index contributed by atoms with van der Waals surface area (Å²) in [6.45, 7) is 0. The fourth-order valence-electron chi connectivity index (χ4n) is 0.722. The Kier molecular flexibility index (Phi) is 31.5. The molecule has 0 atom stereocenters. The van der Waals surface area contributed by atoms with Crippen LogP contribution in [0.3, 0.4) is 0 Å². The van der Waals surface area contributed by atoms with Crippen molar-refractivity contribution in [3.63, 3.8) is 0 Å². The van der Waals surface area contributed by atoms with Gasteiger partial charge in [0.1, 0.15) is 0 Å². The second kappa shape index (κ2) is 16.5. The van der Waals surface area contributed by atoms with Gasteiger partial charge in [-0.1, -0.05) is 12.8 Å². The Morgan fingerprint density at radius 3 is 1.56 bits per heavy atom. The summed E-state index contributed by atoms with van der Waals surface area (Å²) in [4.78, 5) is 0. The maximum absolute atomic E-state index is 3.06. The van der Waals surface area contributed by atoms with E-state index in [1.807, 2.05) is 0 Å². The average molecular weight is 257 g/mol. The molecular weight excluding hydrogens is 248 g/mol. The third-order valence-corrected chi connectivity index (χ3v) is 1.07. The van der Waals surface area contributed by atoms with Crippen LogP contribution < -0.4 is 31.3 Å². The summed E-state index contributed by atoms with van der Waals surface area (Å²) in [5.74, 6) is 0.